The highest BCUT2D eigenvalue weighted by Crippen LogP contribution is 2.34. The largest absolute Gasteiger partial charge is 0.340 e. The number of rotatable bonds is 4. The summed E-state index contributed by atoms with van der Waals surface area (Å²) in [5.41, 5.74) is -0.476. The van der Waals surface area contributed by atoms with Gasteiger partial charge in [0, 0.05) is 50.0 Å². The number of carbonyl (C=O) groups is 1. The zero-order valence-electron chi connectivity index (χ0n) is 13.2. The molecule has 4 rings (SSSR count). The maximum Gasteiger partial charge on any atom is 0.250 e. The molecule has 0 saturated carbocycles. The van der Waals surface area contributed by atoms with Crippen molar-refractivity contribution >= 4 is 17.2 Å². The number of carbonyl (C=O) groups excluding carboxylic acids is 1. The van der Waals surface area contributed by atoms with E-state index in [1.54, 1.807) is 17.5 Å². The lowest BCUT2D eigenvalue weighted by Gasteiger charge is -2.45. The maximum absolute atomic E-state index is 13.1. The van der Waals surface area contributed by atoms with Crippen molar-refractivity contribution in [3.63, 3.8) is 0 Å². The molecule has 6 heteroatoms. The molecule has 2 saturated heterocycles. The Morgan fingerprint density at radius 2 is 2.04 bits per heavy atom. The minimum absolute atomic E-state index is 0.267. The molecule has 122 valence electrons. The number of hydrogen-bond donors (Lipinski definition) is 0. The van der Waals surface area contributed by atoms with Gasteiger partial charge in [0.05, 0.1) is 0 Å². The summed E-state index contributed by atoms with van der Waals surface area (Å²) in [5, 5.41) is 6.55. The zero-order chi connectivity index (χ0) is 15.7. The molecular weight excluding hydrogens is 308 g/mol. The first-order valence-electron chi connectivity index (χ1n) is 8.32. The molecule has 1 amide bonds. The van der Waals surface area contributed by atoms with E-state index >= 15 is 0 Å². The smallest absolute Gasteiger partial charge is 0.250 e. The van der Waals surface area contributed by atoms with Gasteiger partial charge < -0.3 is 4.90 Å². The van der Waals surface area contributed by atoms with Gasteiger partial charge in [-0.25, -0.2) is 0 Å². The summed E-state index contributed by atoms with van der Waals surface area (Å²) >= 11 is 1.80. The van der Waals surface area contributed by atoms with Crippen LogP contribution >= 0.6 is 11.3 Å². The molecule has 2 aliphatic rings. The predicted molar refractivity (Wildman–Crippen MR) is 90.2 cm³/mol. The van der Waals surface area contributed by atoms with E-state index in [4.69, 9.17) is 0 Å². The van der Waals surface area contributed by atoms with E-state index in [-0.39, 0.29) is 5.91 Å². The second-order valence-corrected chi connectivity index (χ2v) is 7.52. The number of aromatic nitrogens is 2. The molecule has 2 fully saturated rings. The number of thiophene rings is 1. The number of hydrogen-bond acceptors (Lipinski definition) is 4. The van der Waals surface area contributed by atoms with E-state index in [0.29, 0.717) is 0 Å². The van der Waals surface area contributed by atoms with Crippen LogP contribution in [0, 0.1) is 0 Å². The molecule has 0 unspecified atom stereocenters. The highest BCUT2D eigenvalue weighted by molar-refractivity contribution is 7.09. The van der Waals surface area contributed by atoms with E-state index in [9.17, 15) is 4.79 Å². The van der Waals surface area contributed by atoms with Gasteiger partial charge in [0.1, 0.15) is 5.54 Å². The maximum atomic E-state index is 13.1. The Hall–Kier alpha value is -1.66. The van der Waals surface area contributed by atoms with Crippen LogP contribution in [-0.4, -0.2) is 51.7 Å². The molecule has 0 N–H and O–H groups in total. The quantitative estimate of drug-likeness (QED) is 0.863. The van der Waals surface area contributed by atoms with Crippen molar-refractivity contribution in [2.75, 3.05) is 26.2 Å². The molecule has 0 bridgehead atoms. The summed E-state index contributed by atoms with van der Waals surface area (Å²) in [6.45, 7) is 4.68. The van der Waals surface area contributed by atoms with Crippen molar-refractivity contribution in [3.05, 3.63) is 40.8 Å². The van der Waals surface area contributed by atoms with Gasteiger partial charge in [0.25, 0.3) is 5.91 Å². The molecule has 0 atom stereocenters. The highest BCUT2D eigenvalue weighted by Gasteiger charge is 2.46. The van der Waals surface area contributed by atoms with Gasteiger partial charge in [-0.05, 0) is 36.8 Å². The van der Waals surface area contributed by atoms with Crippen LogP contribution in [0.3, 0.4) is 0 Å². The first-order valence-corrected chi connectivity index (χ1v) is 9.20. The fourth-order valence-corrected chi connectivity index (χ4v) is 4.33. The molecular formula is C17H22N4OS. The standard InChI is InChI=1S/C17H22N4OS/c22-16(20-8-3-9-20)17(21-10-2-7-18-21)5-11-19(12-6-17)14-15-4-1-13-23-15/h1-2,4,7,10,13H,3,5-6,8-9,11-12,14H2. The number of amides is 1. The lowest BCUT2D eigenvalue weighted by Crippen LogP contribution is -2.59. The lowest BCUT2D eigenvalue weighted by molar-refractivity contribution is -0.148. The average molecular weight is 330 g/mol. The molecule has 2 aromatic rings. The van der Waals surface area contributed by atoms with Crippen LogP contribution in [0.5, 0.6) is 0 Å². The number of nitrogens with zero attached hydrogens (tertiary/aromatic N) is 4. The molecule has 0 spiro atoms. The van der Waals surface area contributed by atoms with Gasteiger partial charge in [-0.3, -0.25) is 14.4 Å². The summed E-state index contributed by atoms with van der Waals surface area (Å²) in [4.78, 5) is 18.9. The van der Waals surface area contributed by atoms with E-state index < -0.39 is 5.54 Å². The van der Waals surface area contributed by atoms with Crippen LogP contribution in [0.2, 0.25) is 0 Å². The third-order valence-corrected chi connectivity index (χ3v) is 5.99. The van der Waals surface area contributed by atoms with Gasteiger partial charge in [0.15, 0.2) is 0 Å². The SMILES string of the molecule is O=C(N1CCC1)C1(n2cccn2)CCN(Cc2cccs2)CC1. The summed E-state index contributed by atoms with van der Waals surface area (Å²) in [6, 6.07) is 6.21. The van der Waals surface area contributed by atoms with E-state index in [2.05, 4.69) is 27.5 Å². The third-order valence-electron chi connectivity index (χ3n) is 5.13. The topological polar surface area (TPSA) is 41.4 Å². The highest BCUT2D eigenvalue weighted by atomic mass is 32.1. The second kappa shape index (κ2) is 6.09. The minimum Gasteiger partial charge on any atom is -0.340 e. The van der Waals surface area contributed by atoms with Gasteiger partial charge in [-0.2, -0.15) is 5.10 Å². The summed E-state index contributed by atoms with van der Waals surface area (Å²) in [6.07, 6.45) is 6.55. The van der Waals surface area contributed by atoms with Crippen molar-refractivity contribution in [1.29, 1.82) is 0 Å². The molecule has 0 aliphatic carbocycles. The number of likely N-dealkylation sites (tertiary alicyclic amines) is 2. The average Bonchev–Trinajstić information content (AvgIpc) is 3.19. The van der Waals surface area contributed by atoms with Crippen LogP contribution < -0.4 is 0 Å². The van der Waals surface area contributed by atoms with Gasteiger partial charge in [-0.1, -0.05) is 6.07 Å². The monoisotopic (exact) mass is 330 g/mol. The van der Waals surface area contributed by atoms with Crippen LogP contribution in [0.15, 0.2) is 36.0 Å². The Labute approximate surface area is 140 Å². The van der Waals surface area contributed by atoms with E-state index in [1.165, 1.54) is 4.88 Å². The van der Waals surface area contributed by atoms with Crippen LogP contribution in [-0.2, 0) is 16.9 Å². The summed E-state index contributed by atoms with van der Waals surface area (Å²) < 4.78 is 1.91. The number of piperidine rings is 1. The first-order chi connectivity index (χ1) is 11.3. The minimum atomic E-state index is -0.476. The molecule has 2 aromatic heterocycles. The van der Waals surface area contributed by atoms with Crippen molar-refractivity contribution in [3.8, 4) is 0 Å². The predicted octanol–water partition coefficient (Wildman–Crippen LogP) is 2.17. The Morgan fingerprint density at radius 3 is 2.61 bits per heavy atom. The van der Waals surface area contributed by atoms with Gasteiger partial charge in [0.2, 0.25) is 0 Å². The van der Waals surface area contributed by atoms with Crippen molar-refractivity contribution in [2.24, 2.45) is 0 Å². The van der Waals surface area contributed by atoms with Crippen LogP contribution in [0.4, 0.5) is 0 Å². The van der Waals surface area contributed by atoms with E-state index in [1.807, 2.05) is 21.8 Å². The van der Waals surface area contributed by atoms with Crippen molar-refractivity contribution in [2.45, 2.75) is 31.3 Å². The second-order valence-electron chi connectivity index (χ2n) is 6.48. The summed E-state index contributed by atoms with van der Waals surface area (Å²) in [7, 11) is 0. The molecule has 0 radical (unpaired) electrons. The Kier molecular flexibility index (Phi) is 3.95. The van der Waals surface area contributed by atoms with Gasteiger partial charge in [-0.15, -0.1) is 11.3 Å². The van der Waals surface area contributed by atoms with E-state index in [0.717, 1.165) is 52.0 Å². The molecule has 23 heavy (non-hydrogen) atoms. The van der Waals surface area contributed by atoms with Crippen LogP contribution in [0.25, 0.3) is 0 Å². The van der Waals surface area contributed by atoms with Crippen molar-refractivity contribution < 1.29 is 4.79 Å². The fraction of sp³-hybridized carbons (Fsp3) is 0.529. The van der Waals surface area contributed by atoms with Crippen molar-refractivity contribution in [1.82, 2.24) is 19.6 Å². The fourth-order valence-electron chi connectivity index (χ4n) is 3.58. The molecule has 2 aliphatic heterocycles. The Balaban J connectivity index is 1.51. The Morgan fingerprint density at radius 1 is 1.22 bits per heavy atom. The molecule has 0 aromatic carbocycles. The first kappa shape index (κ1) is 14.9. The molecule has 4 heterocycles. The molecule has 5 nitrogen and oxygen atoms in total. The normalized spacial score (nSPS) is 21.1. The van der Waals surface area contributed by atoms with Crippen LogP contribution in [0.1, 0.15) is 24.1 Å². The van der Waals surface area contributed by atoms with Gasteiger partial charge >= 0.3 is 0 Å². The third kappa shape index (κ3) is 2.70. The Bertz CT molecular complexity index is 640. The zero-order valence-corrected chi connectivity index (χ0v) is 14.0. The lowest BCUT2D eigenvalue weighted by atomic mass is 9.85. The summed E-state index contributed by atoms with van der Waals surface area (Å²) in [5.74, 6) is 0.267.